The van der Waals surface area contributed by atoms with E-state index in [1.54, 1.807) is 0 Å². The van der Waals surface area contributed by atoms with E-state index in [2.05, 4.69) is 17.6 Å². The van der Waals surface area contributed by atoms with Gasteiger partial charge in [-0.1, -0.05) is 6.08 Å². The third-order valence-electron chi connectivity index (χ3n) is 2.37. The van der Waals surface area contributed by atoms with Crippen molar-refractivity contribution < 1.29 is 0 Å². The summed E-state index contributed by atoms with van der Waals surface area (Å²) < 4.78 is 0. The molecular weight excluding hydrogens is 172 g/mol. The van der Waals surface area contributed by atoms with E-state index in [-0.39, 0.29) is 0 Å². The van der Waals surface area contributed by atoms with E-state index in [0.717, 1.165) is 24.2 Å². The molecule has 0 aromatic carbocycles. The number of hydrogen-bond acceptors (Lipinski definition) is 2. The molecular formula is C12H18N2. The van der Waals surface area contributed by atoms with Crippen molar-refractivity contribution in [3.05, 3.63) is 41.2 Å². The van der Waals surface area contributed by atoms with Gasteiger partial charge in [0.15, 0.2) is 0 Å². The van der Waals surface area contributed by atoms with E-state index in [9.17, 15) is 0 Å². The predicted octanol–water partition coefficient (Wildman–Crippen LogP) is 2.28. The molecule has 1 aromatic heterocycles. The Morgan fingerprint density at radius 2 is 2.21 bits per heavy atom. The standard InChI is InChI=1S/C12H18N2/c1-4-5-6-11-7-9(2)14-10(3)12(11)8-13/h4,7H,1,5-6,8,13H2,2-3H3. The summed E-state index contributed by atoms with van der Waals surface area (Å²) in [5.41, 5.74) is 10.3. The van der Waals surface area contributed by atoms with Crippen LogP contribution in [-0.2, 0) is 13.0 Å². The monoisotopic (exact) mass is 190 g/mol. The first-order chi connectivity index (χ1) is 6.69. The van der Waals surface area contributed by atoms with E-state index < -0.39 is 0 Å². The van der Waals surface area contributed by atoms with Gasteiger partial charge in [0.25, 0.3) is 0 Å². The Hall–Kier alpha value is -1.15. The number of pyridine rings is 1. The Morgan fingerprint density at radius 1 is 1.50 bits per heavy atom. The third kappa shape index (κ3) is 2.42. The van der Waals surface area contributed by atoms with Crippen LogP contribution in [0.1, 0.15) is 28.9 Å². The second-order valence-corrected chi connectivity index (χ2v) is 3.52. The van der Waals surface area contributed by atoms with Crippen molar-refractivity contribution in [2.45, 2.75) is 33.2 Å². The Bertz CT molecular complexity index is 329. The molecule has 0 amide bonds. The second kappa shape index (κ2) is 4.91. The summed E-state index contributed by atoms with van der Waals surface area (Å²) in [6, 6.07) is 2.12. The van der Waals surface area contributed by atoms with Gasteiger partial charge in [-0.25, -0.2) is 0 Å². The second-order valence-electron chi connectivity index (χ2n) is 3.52. The maximum Gasteiger partial charge on any atom is 0.0423 e. The Morgan fingerprint density at radius 3 is 2.79 bits per heavy atom. The summed E-state index contributed by atoms with van der Waals surface area (Å²) in [5.74, 6) is 0. The van der Waals surface area contributed by atoms with Crippen molar-refractivity contribution in [1.82, 2.24) is 4.98 Å². The number of nitrogens with zero attached hydrogens (tertiary/aromatic N) is 1. The number of allylic oxidation sites excluding steroid dienone is 1. The van der Waals surface area contributed by atoms with Crippen LogP contribution in [0.5, 0.6) is 0 Å². The lowest BCUT2D eigenvalue weighted by molar-refractivity contribution is 0.905. The predicted molar refractivity (Wildman–Crippen MR) is 60.1 cm³/mol. The van der Waals surface area contributed by atoms with Gasteiger partial charge in [-0.3, -0.25) is 4.98 Å². The molecule has 14 heavy (non-hydrogen) atoms. The molecule has 0 aliphatic rings. The average Bonchev–Trinajstić information content (AvgIpc) is 2.14. The topological polar surface area (TPSA) is 38.9 Å². The molecule has 0 radical (unpaired) electrons. The van der Waals surface area contributed by atoms with E-state index in [1.165, 1.54) is 11.1 Å². The summed E-state index contributed by atoms with van der Waals surface area (Å²) in [6.07, 6.45) is 3.95. The zero-order valence-electron chi connectivity index (χ0n) is 9.01. The fourth-order valence-corrected chi connectivity index (χ4v) is 1.70. The molecule has 0 aliphatic carbocycles. The Balaban J connectivity index is 3.04. The Labute approximate surface area is 85.9 Å². The molecule has 76 valence electrons. The molecule has 1 rings (SSSR count). The first-order valence-electron chi connectivity index (χ1n) is 4.96. The normalized spacial score (nSPS) is 10.2. The first kappa shape index (κ1) is 10.9. The van der Waals surface area contributed by atoms with Crippen molar-refractivity contribution in [3.63, 3.8) is 0 Å². The maximum absolute atomic E-state index is 5.71. The highest BCUT2D eigenvalue weighted by atomic mass is 14.7. The van der Waals surface area contributed by atoms with Gasteiger partial charge < -0.3 is 5.73 Å². The lowest BCUT2D eigenvalue weighted by Crippen LogP contribution is -2.07. The van der Waals surface area contributed by atoms with Crippen LogP contribution >= 0.6 is 0 Å². The van der Waals surface area contributed by atoms with Gasteiger partial charge in [0.2, 0.25) is 0 Å². The van der Waals surface area contributed by atoms with Crippen molar-refractivity contribution in [1.29, 1.82) is 0 Å². The Kier molecular flexibility index (Phi) is 3.84. The van der Waals surface area contributed by atoms with E-state index in [0.29, 0.717) is 6.54 Å². The van der Waals surface area contributed by atoms with Crippen LogP contribution in [-0.4, -0.2) is 4.98 Å². The average molecular weight is 190 g/mol. The summed E-state index contributed by atoms with van der Waals surface area (Å²) >= 11 is 0. The molecule has 1 heterocycles. The molecule has 0 saturated heterocycles. The number of rotatable bonds is 4. The smallest absolute Gasteiger partial charge is 0.0423 e. The van der Waals surface area contributed by atoms with Gasteiger partial charge in [-0.2, -0.15) is 0 Å². The lowest BCUT2D eigenvalue weighted by atomic mass is 10.0. The first-order valence-corrected chi connectivity index (χ1v) is 4.96. The molecule has 0 atom stereocenters. The quantitative estimate of drug-likeness (QED) is 0.740. The van der Waals surface area contributed by atoms with Gasteiger partial charge in [0, 0.05) is 17.9 Å². The van der Waals surface area contributed by atoms with E-state index >= 15 is 0 Å². The van der Waals surface area contributed by atoms with Crippen LogP contribution < -0.4 is 5.73 Å². The molecule has 2 heteroatoms. The van der Waals surface area contributed by atoms with Gasteiger partial charge in [-0.15, -0.1) is 6.58 Å². The molecule has 0 fully saturated rings. The highest BCUT2D eigenvalue weighted by Crippen LogP contribution is 2.15. The molecule has 2 nitrogen and oxygen atoms in total. The highest BCUT2D eigenvalue weighted by molar-refractivity contribution is 5.32. The zero-order chi connectivity index (χ0) is 10.6. The van der Waals surface area contributed by atoms with Gasteiger partial charge in [-0.05, 0) is 43.9 Å². The lowest BCUT2D eigenvalue weighted by Gasteiger charge is -2.10. The van der Waals surface area contributed by atoms with Crippen molar-refractivity contribution in [3.8, 4) is 0 Å². The summed E-state index contributed by atoms with van der Waals surface area (Å²) in [5, 5.41) is 0. The minimum atomic E-state index is 0.575. The van der Waals surface area contributed by atoms with Crippen LogP contribution in [0.4, 0.5) is 0 Å². The number of aryl methyl sites for hydroxylation is 3. The van der Waals surface area contributed by atoms with Crippen molar-refractivity contribution >= 4 is 0 Å². The van der Waals surface area contributed by atoms with Gasteiger partial charge in [0.05, 0.1) is 0 Å². The van der Waals surface area contributed by atoms with Crippen LogP contribution in [0.3, 0.4) is 0 Å². The fourth-order valence-electron chi connectivity index (χ4n) is 1.70. The van der Waals surface area contributed by atoms with Gasteiger partial charge >= 0.3 is 0 Å². The molecule has 0 saturated carbocycles. The summed E-state index contributed by atoms with van der Waals surface area (Å²) in [4.78, 5) is 4.41. The highest BCUT2D eigenvalue weighted by Gasteiger charge is 2.05. The van der Waals surface area contributed by atoms with Crippen LogP contribution in [0.25, 0.3) is 0 Å². The molecule has 0 spiro atoms. The SMILES string of the molecule is C=CCCc1cc(C)nc(C)c1CN. The minimum absolute atomic E-state index is 0.575. The zero-order valence-corrected chi connectivity index (χ0v) is 9.01. The largest absolute Gasteiger partial charge is 0.326 e. The summed E-state index contributed by atoms with van der Waals surface area (Å²) in [7, 11) is 0. The number of nitrogens with two attached hydrogens (primary N) is 1. The van der Waals surface area contributed by atoms with E-state index in [1.807, 2.05) is 19.9 Å². The van der Waals surface area contributed by atoms with Crippen LogP contribution in [0, 0.1) is 13.8 Å². The van der Waals surface area contributed by atoms with E-state index in [4.69, 9.17) is 5.73 Å². The van der Waals surface area contributed by atoms with Gasteiger partial charge in [0.1, 0.15) is 0 Å². The maximum atomic E-state index is 5.71. The third-order valence-corrected chi connectivity index (χ3v) is 2.37. The molecule has 2 N–H and O–H groups in total. The van der Waals surface area contributed by atoms with Crippen LogP contribution in [0.15, 0.2) is 18.7 Å². The van der Waals surface area contributed by atoms with Crippen molar-refractivity contribution in [2.24, 2.45) is 5.73 Å². The number of aromatic nitrogens is 1. The fraction of sp³-hybridized carbons (Fsp3) is 0.417. The molecule has 1 aromatic rings. The summed E-state index contributed by atoms with van der Waals surface area (Å²) in [6.45, 7) is 8.34. The van der Waals surface area contributed by atoms with Crippen LogP contribution in [0.2, 0.25) is 0 Å². The molecule has 0 unspecified atom stereocenters. The van der Waals surface area contributed by atoms with Crippen molar-refractivity contribution in [2.75, 3.05) is 0 Å². The number of hydrogen-bond donors (Lipinski definition) is 1. The molecule has 0 bridgehead atoms. The minimum Gasteiger partial charge on any atom is -0.326 e. The molecule has 0 aliphatic heterocycles.